The van der Waals surface area contributed by atoms with E-state index >= 15 is 8.78 Å². The van der Waals surface area contributed by atoms with Crippen molar-refractivity contribution < 1.29 is 22.7 Å². The Kier molecular flexibility index (Phi) is 6.65. The van der Waals surface area contributed by atoms with Crippen molar-refractivity contribution in [3.8, 4) is 10.4 Å². The van der Waals surface area contributed by atoms with Crippen molar-refractivity contribution >= 4 is 33.6 Å². The lowest BCUT2D eigenvalue weighted by molar-refractivity contribution is -0.203. The molecule has 2 heterocycles. The molecule has 0 fully saturated rings. The second-order valence-electron chi connectivity index (χ2n) is 6.53. The SMILES string of the molecule is N/N=C\N(N)CC(O)(c1ccc(F)cc1F)C(F)(F)c1ccc(-c2ccc(Br)s2)cn1. The van der Waals surface area contributed by atoms with Crippen LogP contribution in [0.3, 0.4) is 0 Å². The first-order valence-corrected chi connectivity index (χ1v) is 10.2. The number of hydrazine groups is 1. The van der Waals surface area contributed by atoms with Gasteiger partial charge in [0.2, 0.25) is 0 Å². The Morgan fingerprint density at radius 2 is 1.94 bits per heavy atom. The van der Waals surface area contributed by atoms with Crippen LogP contribution in [0.15, 0.2) is 57.5 Å². The number of halogens is 5. The molecule has 0 spiro atoms. The second kappa shape index (κ2) is 8.91. The summed E-state index contributed by atoms with van der Waals surface area (Å²) in [5.74, 6) is 4.02. The van der Waals surface area contributed by atoms with E-state index in [0.29, 0.717) is 16.6 Å². The van der Waals surface area contributed by atoms with Gasteiger partial charge < -0.3 is 10.9 Å². The standard InChI is InChI=1S/C19H16BrF4N5OS/c20-17-6-4-15(31-17)11-1-5-16(27-8-11)19(23,24)18(30,9-29(26)10-28-25)13-3-2-12(21)7-14(13)22/h1-8,10,30H,9,25-26H2/b28-10-. The Balaban J connectivity index is 2.08. The summed E-state index contributed by atoms with van der Waals surface area (Å²) in [7, 11) is 0. The van der Waals surface area contributed by atoms with Crippen LogP contribution in [-0.4, -0.2) is 28.0 Å². The number of rotatable bonds is 7. The minimum Gasteiger partial charge on any atom is -0.377 e. The van der Waals surface area contributed by atoms with E-state index in [9.17, 15) is 13.9 Å². The highest BCUT2D eigenvalue weighted by atomic mass is 79.9. The predicted molar refractivity (Wildman–Crippen MR) is 113 cm³/mol. The van der Waals surface area contributed by atoms with Crippen LogP contribution in [0.2, 0.25) is 0 Å². The van der Waals surface area contributed by atoms with E-state index in [-0.39, 0.29) is 0 Å². The maximum Gasteiger partial charge on any atom is 0.323 e. The summed E-state index contributed by atoms with van der Waals surface area (Å²) in [4.78, 5) is 4.57. The second-order valence-corrected chi connectivity index (χ2v) is 8.99. The number of hydrazone groups is 1. The molecule has 0 aliphatic carbocycles. The summed E-state index contributed by atoms with van der Waals surface area (Å²) in [5, 5.41) is 14.7. The molecule has 0 radical (unpaired) electrons. The number of nitrogens with two attached hydrogens (primary N) is 2. The van der Waals surface area contributed by atoms with Crippen LogP contribution in [-0.2, 0) is 11.5 Å². The summed E-state index contributed by atoms with van der Waals surface area (Å²) in [6, 6.07) is 7.87. The Morgan fingerprint density at radius 3 is 2.48 bits per heavy atom. The van der Waals surface area contributed by atoms with Gasteiger partial charge in [0, 0.05) is 28.3 Å². The number of hydrogen-bond donors (Lipinski definition) is 3. The highest BCUT2D eigenvalue weighted by Gasteiger charge is 2.58. The largest absolute Gasteiger partial charge is 0.377 e. The first-order chi connectivity index (χ1) is 14.6. The molecular formula is C19H16BrF4N5OS. The van der Waals surface area contributed by atoms with Crippen molar-refractivity contribution in [1.29, 1.82) is 0 Å². The normalized spacial score (nSPS) is 14.0. The molecule has 31 heavy (non-hydrogen) atoms. The van der Waals surface area contributed by atoms with Gasteiger partial charge in [-0.15, -0.1) is 11.3 Å². The minimum atomic E-state index is -4.14. The molecule has 0 aliphatic rings. The molecule has 12 heteroatoms. The van der Waals surface area contributed by atoms with Crippen LogP contribution in [0.25, 0.3) is 10.4 Å². The van der Waals surface area contributed by atoms with E-state index in [1.165, 1.54) is 23.6 Å². The molecule has 0 saturated heterocycles. The smallest absolute Gasteiger partial charge is 0.323 e. The van der Waals surface area contributed by atoms with E-state index in [1.54, 1.807) is 12.1 Å². The lowest BCUT2D eigenvalue weighted by Crippen LogP contribution is -2.53. The Bertz CT molecular complexity index is 1100. The first-order valence-electron chi connectivity index (χ1n) is 8.61. The quantitative estimate of drug-likeness (QED) is 0.145. The van der Waals surface area contributed by atoms with Crippen molar-refractivity contribution in [2.45, 2.75) is 11.5 Å². The fraction of sp³-hybridized carbons (Fsp3) is 0.158. The fourth-order valence-electron chi connectivity index (χ4n) is 2.98. The van der Waals surface area contributed by atoms with Gasteiger partial charge in [-0.25, -0.2) is 14.6 Å². The molecule has 1 aromatic carbocycles. The van der Waals surface area contributed by atoms with Gasteiger partial charge in [0.1, 0.15) is 23.7 Å². The topological polar surface area (TPSA) is 101 Å². The zero-order chi connectivity index (χ0) is 22.8. The first kappa shape index (κ1) is 23.1. The number of hydrogen-bond acceptors (Lipinski definition) is 6. The number of pyridine rings is 1. The molecule has 6 nitrogen and oxygen atoms in total. The van der Waals surface area contributed by atoms with E-state index in [1.807, 2.05) is 0 Å². The summed E-state index contributed by atoms with van der Waals surface area (Å²) >= 11 is 4.70. The van der Waals surface area contributed by atoms with Crippen LogP contribution < -0.4 is 11.7 Å². The summed E-state index contributed by atoms with van der Waals surface area (Å²) in [6.07, 6.45) is 1.98. The maximum absolute atomic E-state index is 15.6. The average Bonchev–Trinajstić information content (AvgIpc) is 3.14. The monoisotopic (exact) mass is 517 g/mol. The van der Waals surface area contributed by atoms with Crippen LogP contribution in [0, 0.1) is 11.6 Å². The van der Waals surface area contributed by atoms with Gasteiger partial charge in [0.15, 0.2) is 5.60 Å². The third kappa shape index (κ3) is 4.56. The highest BCUT2D eigenvalue weighted by molar-refractivity contribution is 9.11. The molecule has 164 valence electrons. The Morgan fingerprint density at radius 1 is 1.19 bits per heavy atom. The lowest BCUT2D eigenvalue weighted by atomic mass is 9.84. The zero-order valence-corrected chi connectivity index (χ0v) is 18.0. The number of benzene rings is 1. The third-order valence-electron chi connectivity index (χ3n) is 4.47. The lowest BCUT2D eigenvalue weighted by Gasteiger charge is -2.37. The number of nitrogens with zero attached hydrogens (tertiary/aromatic N) is 3. The van der Waals surface area contributed by atoms with E-state index in [2.05, 4.69) is 26.0 Å². The molecule has 0 saturated carbocycles. The molecule has 2 aromatic heterocycles. The molecule has 5 N–H and O–H groups in total. The van der Waals surface area contributed by atoms with Crippen molar-refractivity contribution in [2.24, 2.45) is 16.8 Å². The van der Waals surface area contributed by atoms with Gasteiger partial charge in [-0.2, -0.15) is 13.9 Å². The van der Waals surface area contributed by atoms with Gasteiger partial charge in [-0.1, -0.05) is 0 Å². The minimum absolute atomic E-state index is 0.388. The summed E-state index contributed by atoms with van der Waals surface area (Å²) in [5.41, 5.74) is -4.37. The molecule has 0 bridgehead atoms. The third-order valence-corrected chi connectivity index (χ3v) is 6.14. The number of alkyl halides is 2. The van der Waals surface area contributed by atoms with E-state index in [4.69, 9.17) is 11.7 Å². The molecule has 0 aliphatic heterocycles. The Labute approximate surface area is 186 Å². The van der Waals surface area contributed by atoms with Gasteiger partial charge in [-0.3, -0.25) is 9.99 Å². The van der Waals surface area contributed by atoms with Crippen molar-refractivity contribution in [1.82, 2.24) is 9.99 Å². The maximum atomic E-state index is 15.6. The Hall–Kier alpha value is -2.54. The molecule has 3 rings (SSSR count). The van der Waals surface area contributed by atoms with Gasteiger partial charge in [-0.05, 0) is 52.3 Å². The highest BCUT2D eigenvalue weighted by Crippen LogP contribution is 2.46. The van der Waals surface area contributed by atoms with Crippen molar-refractivity contribution in [3.63, 3.8) is 0 Å². The number of thiophene rings is 1. The number of aliphatic hydroxyl groups is 1. The number of aromatic nitrogens is 1. The average molecular weight is 518 g/mol. The van der Waals surface area contributed by atoms with Gasteiger partial charge >= 0.3 is 5.92 Å². The van der Waals surface area contributed by atoms with Crippen LogP contribution in [0.1, 0.15) is 11.3 Å². The summed E-state index contributed by atoms with van der Waals surface area (Å²) in [6.45, 7) is -1.02. The van der Waals surface area contributed by atoms with Crippen LogP contribution in [0.5, 0.6) is 0 Å². The van der Waals surface area contributed by atoms with Crippen LogP contribution in [0.4, 0.5) is 17.6 Å². The van der Waals surface area contributed by atoms with Gasteiger partial charge in [0.05, 0.1) is 10.3 Å². The van der Waals surface area contributed by atoms with Gasteiger partial charge in [0.25, 0.3) is 0 Å². The molecule has 0 amide bonds. The van der Waals surface area contributed by atoms with Crippen LogP contribution >= 0.6 is 27.3 Å². The predicted octanol–water partition coefficient (Wildman–Crippen LogP) is 3.91. The zero-order valence-electron chi connectivity index (χ0n) is 15.6. The summed E-state index contributed by atoms with van der Waals surface area (Å²) < 4.78 is 59.8. The fourth-order valence-corrected chi connectivity index (χ4v) is 4.35. The molecule has 1 atom stereocenters. The van der Waals surface area contributed by atoms with E-state index in [0.717, 1.165) is 33.2 Å². The molecule has 3 aromatic rings. The molecular weight excluding hydrogens is 502 g/mol. The van der Waals surface area contributed by atoms with Crippen molar-refractivity contribution in [2.75, 3.05) is 6.54 Å². The van der Waals surface area contributed by atoms with Crippen molar-refractivity contribution in [3.05, 3.63) is 75.3 Å². The molecule has 1 unspecified atom stereocenters. The van der Waals surface area contributed by atoms with E-state index < -0.39 is 41.0 Å².